The number of rotatable bonds is 3. The molecule has 0 spiro atoms. The van der Waals surface area contributed by atoms with E-state index < -0.39 is 0 Å². The third-order valence-corrected chi connectivity index (χ3v) is 11.3. The van der Waals surface area contributed by atoms with E-state index in [1.54, 1.807) is 0 Å². The van der Waals surface area contributed by atoms with Crippen LogP contribution < -0.4 is 0 Å². The lowest BCUT2D eigenvalue weighted by atomic mass is 9.82. The molecular formula is C44H29N3S. The van der Waals surface area contributed by atoms with Gasteiger partial charge in [-0.05, 0) is 56.6 Å². The molecule has 48 heavy (non-hydrogen) atoms. The first-order chi connectivity index (χ1) is 23.5. The van der Waals surface area contributed by atoms with Crippen LogP contribution in [0.1, 0.15) is 25.0 Å². The lowest BCUT2D eigenvalue weighted by Crippen LogP contribution is -2.15. The summed E-state index contributed by atoms with van der Waals surface area (Å²) < 4.78 is 2.52. The Kier molecular flexibility index (Phi) is 5.79. The Bertz CT molecular complexity index is 2760. The quantitative estimate of drug-likeness (QED) is 0.182. The number of hydrogen-bond donors (Lipinski definition) is 0. The Balaban J connectivity index is 1.27. The average Bonchev–Trinajstić information content (AvgIpc) is 3.64. The molecule has 1 aliphatic rings. The zero-order valence-corrected chi connectivity index (χ0v) is 27.3. The highest BCUT2D eigenvalue weighted by Gasteiger charge is 2.35. The van der Waals surface area contributed by atoms with Crippen molar-refractivity contribution in [3.05, 3.63) is 151 Å². The molecule has 0 saturated carbocycles. The van der Waals surface area contributed by atoms with Crippen LogP contribution in [0, 0.1) is 0 Å². The summed E-state index contributed by atoms with van der Waals surface area (Å²) in [5.74, 6) is 2.04. The fraction of sp³-hybridized carbons (Fsp3) is 0.0682. The van der Waals surface area contributed by atoms with Crippen molar-refractivity contribution in [1.29, 1.82) is 0 Å². The monoisotopic (exact) mass is 631 g/mol. The van der Waals surface area contributed by atoms with Gasteiger partial charge in [0.05, 0.1) is 0 Å². The van der Waals surface area contributed by atoms with Crippen LogP contribution in [0.3, 0.4) is 0 Å². The summed E-state index contributed by atoms with van der Waals surface area (Å²) in [7, 11) is 0. The van der Waals surface area contributed by atoms with Gasteiger partial charge in [-0.2, -0.15) is 0 Å². The molecule has 0 bridgehead atoms. The Morgan fingerprint density at radius 2 is 1.12 bits per heavy atom. The van der Waals surface area contributed by atoms with E-state index >= 15 is 0 Å². The minimum absolute atomic E-state index is 0.122. The van der Waals surface area contributed by atoms with Crippen molar-refractivity contribution in [3.63, 3.8) is 0 Å². The molecule has 0 radical (unpaired) electrons. The maximum Gasteiger partial charge on any atom is 0.164 e. The van der Waals surface area contributed by atoms with E-state index in [1.165, 1.54) is 64.0 Å². The van der Waals surface area contributed by atoms with Gasteiger partial charge in [0.2, 0.25) is 0 Å². The largest absolute Gasteiger partial charge is 0.208 e. The second-order valence-corrected chi connectivity index (χ2v) is 14.3. The van der Waals surface area contributed by atoms with Gasteiger partial charge in [0, 0.05) is 47.7 Å². The van der Waals surface area contributed by atoms with E-state index in [-0.39, 0.29) is 5.41 Å². The Morgan fingerprint density at radius 3 is 2.00 bits per heavy atom. The number of aromatic nitrogens is 3. The molecule has 4 heteroatoms. The molecule has 10 rings (SSSR count). The molecule has 0 aliphatic heterocycles. The first-order valence-electron chi connectivity index (χ1n) is 16.4. The van der Waals surface area contributed by atoms with Gasteiger partial charge in [-0.3, -0.25) is 0 Å². The summed E-state index contributed by atoms with van der Waals surface area (Å²) in [4.78, 5) is 15.7. The van der Waals surface area contributed by atoms with Gasteiger partial charge >= 0.3 is 0 Å². The molecule has 1 aliphatic carbocycles. The summed E-state index contributed by atoms with van der Waals surface area (Å²) in [6, 6.07) is 49.9. The summed E-state index contributed by atoms with van der Waals surface area (Å²) in [5, 5.41) is 7.39. The van der Waals surface area contributed by atoms with E-state index in [4.69, 9.17) is 15.0 Å². The molecule has 2 aromatic heterocycles. The van der Waals surface area contributed by atoms with Crippen LogP contribution in [0.2, 0.25) is 0 Å². The fourth-order valence-corrected chi connectivity index (χ4v) is 9.04. The predicted octanol–water partition coefficient (Wildman–Crippen LogP) is 11.9. The highest BCUT2D eigenvalue weighted by molar-refractivity contribution is 7.27. The van der Waals surface area contributed by atoms with Crippen LogP contribution in [0.25, 0.3) is 87.0 Å². The average molecular weight is 632 g/mol. The first kappa shape index (κ1) is 27.4. The van der Waals surface area contributed by atoms with Crippen LogP contribution in [0.15, 0.2) is 140 Å². The van der Waals surface area contributed by atoms with Crippen molar-refractivity contribution in [2.24, 2.45) is 0 Å². The number of hydrogen-bond acceptors (Lipinski definition) is 4. The SMILES string of the molecule is CC1(C)c2ccccc2-c2ccc(-c3nc(-c4ccccc4)nc(-c4cc5ccc6ccccc6c5c5sc6ccccc6c45)n3)cc21. The maximum absolute atomic E-state index is 5.31. The predicted molar refractivity (Wildman–Crippen MR) is 202 cm³/mol. The summed E-state index contributed by atoms with van der Waals surface area (Å²) >= 11 is 1.85. The zero-order valence-electron chi connectivity index (χ0n) is 26.5. The van der Waals surface area contributed by atoms with Crippen molar-refractivity contribution in [2.75, 3.05) is 0 Å². The Labute approximate surface area is 282 Å². The van der Waals surface area contributed by atoms with E-state index in [9.17, 15) is 0 Å². The molecule has 2 heterocycles. The molecule has 226 valence electrons. The van der Waals surface area contributed by atoms with Crippen molar-refractivity contribution in [2.45, 2.75) is 19.3 Å². The number of fused-ring (bicyclic) bond motifs is 10. The lowest BCUT2D eigenvalue weighted by molar-refractivity contribution is 0.660. The number of thiophene rings is 1. The zero-order chi connectivity index (χ0) is 32.0. The molecule has 0 saturated heterocycles. The summed E-state index contributed by atoms with van der Waals surface area (Å²) in [6.45, 7) is 4.62. The highest BCUT2D eigenvalue weighted by Crippen LogP contribution is 2.50. The molecular weight excluding hydrogens is 603 g/mol. The third-order valence-electron chi connectivity index (χ3n) is 10.1. The van der Waals surface area contributed by atoms with E-state index in [2.05, 4.69) is 135 Å². The Hall–Kier alpha value is -5.71. The standard InChI is InChI=1S/C44H29N3S/c1-44(2)35-18-10-8-16-31(35)32-23-22-29(25-36(32)44)42-45-41(27-13-4-3-5-14-27)46-43(47-42)34-24-28-21-20-26-12-6-7-15-30(26)38(28)40-39(34)33-17-9-11-19-37(33)48-40/h3-25H,1-2H3. The normalized spacial score (nSPS) is 13.4. The van der Waals surface area contributed by atoms with Gasteiger partial charge in [0.15, 0.2) is 17.5 Å². The lowest BCUT2D eigenvalue weighted by Gasteiger charge is -2.21. The van der Waals surface area contributed by atoms with Crippen molar-refractivity contribution in [3.8, 4) is 45.3 Å². The van der Waals surface area contributed by atoms with Gasteiger partial charge in [-0.1, -0.05) is 135 Å². The van der Waals surface area contributed by atoms with Crippen LogP contribution in [-0.2, 0) is 5.41 Å². The van der Waals surface area contributed by atoms with Crippen molar-refractivity contribution < 1.29 is 0 Å². The molecule has 7 aromatic carbocycles. The smallest absolute Gasteiger partial charge is 0.164 e. The molecule has 0 fully saturated rings. The first-order valence-corrected chi connectivity index (χ1v) is 17.2. The number of nitrogens with zero attached hydrogens (tertiary/aromatic N) is 3. The van der Waals surface area contributed by atoms with Crippen LogP contribution in [0.5, 0.6) is 0 Å². The molecule has 0 N–H and O–H groups in total. The Morgan fingerprint density at radius 1 is 0.458 bits per heavy atom. The van der Waals surface area contributed by atoms with Crippen LogP contribution in [-0.4, -0.2) is 15.0 Å². The van der Waals surface area contributed by atoms with E-state index in [1.807, 2.05) is 29.5 Å². The second-order valence-electron chi connectivity index (χ2n) is 13.2. The van der Waals surface area contributed by atoms with Gasteiger partial charge in [-0.25, -0.2) is 15.0 Å². The van der Waals surface area contributed by atoms with Gasteiger partial charge < -0.3 is 0 Å². The molecule has 0 unspecified atom stereocenters. The van der Waals surface area contributed by atoms with Crippen LogP contribution >= 0.6 is 11.3 Å². The van der Waals surface area contributed by atoms with Crippen LogP contribution in [0.4, 0.5) is 0 Å². The molecule has 9 aromatic rings. The van der Waals surface area contributed by atoms with Gasteiger partial charge in [0.1, 0.15) is 0 Å². The third kappa shape index (κ3) is 3.96. The topological polar surface area (TPSA) is 38.7 Å². The van der Waals surface area contributed by atoms with Gasteiger partial charge in [-0.15, -0.1) is 11.3 Å². The van der Waals surface area contributed by atoms with Gasteiger partial charge in [0.25, 0.3) is 0 Å². The minimum Gasteiger partial charge on any atom is -0.208 e. The highest BCUT2D eigenvalue weighted by atomic mass is 32.1. The summed E-state index contributed by atoms with van der Waals surface area (Å²) in [5.41, 5.74) is 8.11. The minimum atomic E-state index is -0.122. The number of benzene rings is 7. The van der Waals surface area contributed by atoms with E-state index in [0.29, 0.717) is 17.5 Å². The second kappa shape index (κ2) is 10.1. The fourth-order valence-electron chi connectivity index (χ4n) is 7.74. The molecule has 3 nitrogen and oxygen atoms in total. The maximum atomic E-state index is 5.31. The molecule has 0 atom stereocenters. The van der Waals surface area contributed by atoms with Crippen molar-refractivity contribution >= 4 is 53.1 Å². The van der Waals surface area contributed by atoms with E-state index in [0.717, 1.165) is 16.7 Å². The molecule has 0 amide bonds. The summed E-state index contributed by atoms with van der Waals surface area (Å²) in [6.07, 6.45) is 0. The van der Waals surface area contributed by atoms with Crippen molar-refractivity contribution in [1.82, 2.24) is 15.0 Å².